The molecule has 0 aliphatic heterocycles. The molecule has 0 unspecified atom stereocenters. The van der Waals surface area contributed by atoms with Gasteiger partial charge < -0.3 is 9.67 Å². The van der Waals surface area contributed by atoms with Gasteiger partial charge in [0.15, 0.2) is 5.60 Å². The molecule has 1 aromatic heterocycles. The normalized spacial score (nSPS) is 11.6. The Morgan fingerprint density at radius 2 is 1.56 bits per heavy atom. The van der Waals surface area contributed by atoms with Crippen LogP contribution >= 0.6 is 0 Å². The summed E-state index contributed by atoms with van der Waals surface area (Å²) in [5, 5.41) is 26.8. The number of aryl methyl sites for hydroxylation is 2. The van der Waals surface area contributed by atoms with Crippen molar-refractivity contribution in [3.63, 3.8) is 0 Å². The molecule has 4 aromatic rings. The number of carbonyl (C=O) groups is 1. The van der Waals surface area contributed by atoms with Gasteiger partial charge in [-0.1, -0.05) is 60.7 Å². The van der Waals surface area contributed by atoms with Gasteiger partial charge in [-0.3, -0.25) is 14.9 Å². The first-order valence-corrected chi connectivity index (χ1v) is 11.3. The van der Waals surface area contributed by atoms with Crippen LogP contribution < -0.4 is 5.43 Å². The number of nitrogens with one attached hydrogen (secondary N) is 1. The molecule has 182 valence electrons. The van der Waals surface area contributed by atoms with E-state index in [4.69, 9.17) is 0 Å². The van der Waals surface area contributed by atoms with Crippen molar-refractivity contribution in [3.05, 3.63) is 129 Å². The standard InChI is InChI=1S/C28H26N4O4/c1-19-16-25(32(35)36)14-15-26(19)31-20(2)17-22(21(31)3)18-29-30-27(33)28(34,23-10-6-4-7-11-23)24-12-8-5-9-13-24/h4-18,34H,1-3H3,(H,30,33)/b29-18+. The Morgan fingerprint density at radius 1 is 0.972 bits per heavy atom. The summed E-state index contributed by atoms with van der Waals surface area (Å²) in [5.74, 6) is -0.684. The Hall–Kier alpha value is -4.56. The molecule has 0 fully saturated rings. The molecular weight excluding hydrogens is 456 g/mol. The van der Waals surface area contributed by atoms with E-state index in [0.29, 0.717) is 11.1 Å². The van der Waals surface area contributed by atoms with E-state index in [1.807, 2.05) is 43.5 Å². The van der Waals surface area contributed by atoms with E-state index >= 15 is 0 Å². The van der Waals surface area contributed by atoms with Crippen LogP contribution in [0.25, 0.3) is 5.69 Å². The van der Waals surface area contributed by atoms with Crippen LogP contribution in [0.2, 0.25) is 0 Å². The molecule has 0 saturated carbocycles. The SMILES string of the molecule is Cc1cc([N+](=O)[O-])ccc1-n1c(C)cc(/C=N/NC(=O)C(O)(c2ccccc2)c2ccccc2)c1C. The fourth-order valence-electron chi connectivity index (χ4n) is 4.32. The number of nitrogens with zero attached hydrogens (tertiary/aromatic N) is 3. The van der Waals surface area contributed by atoms with Crippen molar-refractivity contribution in [1.29, 1.82) is 0 Å². The van der Waals surface area contributed by atoms with Crippen molar-refractivity contribution in [1.82, 2.24) is 9.99 Å². The highest BCUT2D eigenvalue weighted by Crippen LogP contribution is 2.30. The smallest absolute Gasteiger partial charge is 0.281 e. The fourth-order valence-corrected chi connectivity index (χ4v) is 4.32. The number of hydrogen-bond acceptors (Lipinski definition) is 5. The number of aliphatic hydroxyl groups is 1. The number of nitro groups is 1. The van der Waals surface area contributed by atoms with Gasteiger partial charge in [0.25, 0.3) is 11.6 Å². The number of amides is 1. The molecule has 0 atom stereocenters. The quantitative estimate of drug-likeness (QED) is 0.226. The Morgan fingerprint density at radius 3 is 2.08 bits per heavy atom. The average molecular weight is 483 g/mol. The molecule has 0 spiro atoms. The Labute approximate surface area is 208 Å². The third-order valence-electron chi connectivity index (χ3n) is 6.18. The Balaban J connectivity index is 1.62. The summed E-state index contributed by atoms with van der Waals surface area (Å²) in [5.41, 5.74) is 5.55. The number of benzene rings is 3. The van der Waals surface area contributed by atoms with Gasteiger partial charge in [0.05, 0.1) is 11.1 Å². The first kappa shape index (κ1) is 24.6. The lowest BCUT2D eigenvalue weighted by Crippen LogP contribution is -2.43. The van der Waals surface area contributed by atoms with E-state index in [-0.39, 0.29) is 5.69 Å². The number of carbonyl (C=O) groups excluding carboxylic acids is 1. The molecule has 8 heteroatoms. The van der Waals surface area contributed by atoms with Gasteiger partial charge in [-0.05, 0) is 49.6 Å². The third-order valence-corrected chi connectivity index (χ3v) is 6.18. The molecule has 0 saturated heterocycles. The summed E-state index contributed by atoms with van der Waals surface area (Å²) in [6, 6.07) is 24.1. The van der Waals surface area contributed by atoms with Crippen LogP contribution in [0.3, 0.4) is 0 Å². The van der Waals surface area contributed by atoms with E-state index in [9.17, 15) is 20.0 Å². The monoisotopic (exact) mass is 482 g/mol. The number of rotatable bonds is 7. The summed E-state index contributed by atoms with van der Waals surface area (Å²) in [6.45, 7) is 5.65. The summed E-state index contributed by atoms with van der Waals surface area (Å²) in [6.07, 6.45) is 1.52. The van der Waals surface area contributed by atoms with Crippen LogP contribution in [-0.4, -0.2) is 26.7 Å². The van der Waals surface area contributed by atoms with Gasteiger partial charge in [0.1, 0.15) is 0 Å². The number of aromatic nitrogens is 1. The molecule has 4 rings (SSSR count). The molecule has 0 bridgehead atoms. The minimum absolute atomic E-state index is 0.0347. The predicted molar refractivity (Wildman–Crippen MR) is 138 cm³/mol. The predicted octanol–water partition coefficient (Wildman–Crippen LogP) is 4.70. The molecule has 3 aromatic carbocycles. The average Bonchev–Trinajstić information content (AvgIpc) is 3.16. The number of non-ortho nitro benzene ring substituents is 1. The molecule has 1 amide bonds. The lowest BCUT2D eigenvalue weighted by atomic mass is 9.85. The summed E-state index contributed by atoms with van der Waals surface area (Å²) in [4.78, 5) is 23.9. The van der Waals surface area contributed by atoms with Crippen molar-refractivity contribution < 1.29 is 14.8 Å². The van der Waals surface area contributed by atoms with E-state index in [2.05, 4.69) is 10.5 Å². The summed E-state index contributed by atoms with van der Waals surface area (Å²) in [7, 11) is 0. The Kier molecular flexibility index (Phi) is 6.80. The zero-order valence-electron chi connectivity index (χ0n) is 20.2. The van der Waals surface area contributed by atoms with Crippen LogP contribution in [-0.2, 0) is 10.4 Å². The first-order chi connectivity index (χ1) is 17.2. The van der Waals surface area contributed by atoms with Crippen LogP contribution in [0.1, 0.15) is 33.6 Å². The molecule has 0 radical (unpaired) electrons. The third kappa shape index (κ3) is 4.54. The van der Waals surface area contributed by atoms with Crippen molar-refractivity contribution in [2.75, 3.05) is 0 Å². The second-order valence-electron chi connectivity index (χ2n) is 8.53. The maximum Gasteiger partial charge on any atom is 0.281 e. The van der Waals surface area contributed by atoms with Crippen LogP contribution in [0.5, 0.6) is 0 Å². The van der Waals surface area contributed by atoms with Gasteiger partial charge in [-0.15, -0.1) is 0 Å². The van der Waals surface area contributed by atoms with Crippen molar-refractivity contribution in [3.8, 4) is 5.69 Å². The highest BCUT2D eigenvalue weighted by Gasteiger charge is 2.39. The van der Waals surface area contributed by atoms with Crippen molar-refractivity contribution in [2.24, 2.45) is 5.10 Å². The van der Waals surface area contributed by atoms with Crippen LogP contribution in [0, 0.1) is 30.9 Å². The zero-order chi connectivity index (χ0) is 25.9. The lowest BCUT2D eigenvalue weighted by molar-refractivity contribution is -0.384. The van der Waals surface area contributed by atoms with Gasteiger partial charge >= 0.3 is 0 Å². The highest BCUT2D eigenvalue weighted by atomic mass is 16.6. The van der Waals surface area contributed by atoms with Gasteiger partial charge in [-0.2, -0.15) is 5.10 Å². The highest BCUT2D eigenvalue weighted by molar-refractivity contribution is 5.91. The molecule has 36 heavy (non-hydrogen) atoms. The maximum atomic E-state index is 13.2. The van der Waals surface area contributed by atoms with Crippen molar-refractivity contribution in [2.45, 2.75) is 26.4 Å². The summed E-state index contributed by atoms with van der Waals surface area (Å²) >= 11 is 0. The molecular formula is C28H26N4O4. The second-order valence-corrected chi connectivity index (χ2v) is 8.53. The molecule has 8 nitrogen and oxygen atoms in total. The van der Waals surface area contributed by atoms with E-state index in [1.165, 1.54) is 18.3 Å². The van der Waals surface area contributed by atoms with Crippen molar-refractivity contribution >= 4 is 17.8 Å². The molecule has 2 N–H and O–H groups in total. The molecule has 1 heterocycles. The molecule has 0 aliphatic rings. The minimum atomic E-state index is -1.92. The molecule has 0 aliphatic carbocycles. The topological polar surface area (TPSA) is 110 Å². The summed E-state index contributed by atoms with van der Waals surface area (Å²) < 4.78 is 1.98. The van der Waals surface area contributed by atoms with Crippen LogP contribution in [0.15, 0.2) is 90.0 Å². The largest absolute Gasteiger partial charge is 0.372 e. The van der Waals surface area contributed by atoms with E-state index in [1.54, 1.807) is 54.6 Å². The van der Waals surface area contributed by atoms with Crippen LogP contribution in [0.4, 0.5) is 5.69 Å². The van der Waals surface area contributed by atoms with Gasteiger partial charge in [0.2, 0.25) is 0 Å². The second kappa shape index (κ2) is 9.97. The van der Waals surface area contributed by atoms with E-state index < -0.39 is 16.4 Å². The van der Waals surface area contributed by atoms with E-state index in [0.717, 1.165) is 28.2 Å². The lowest BCUT2D eigenvalue weighted by Gasteiger charge is -2.27. The van der Waals surface area contributed by atoms with Gasteiger partial charge in [0, 0.05) is 34.8 Å². The first-order valence-electron chi connectivity index (χ1n) is 11.3. The fraction of sp³-hybridized carbons (Fsp3) is 0.143. The maximum absolute atomic E-state index is 13.2. The number of hydrogen-bond donors (Lipinski definition) is 2. The van der Waals surface area contributed by atoms with Gasteiger partial charge in [-0.25, -0.2) is 5.43 Å². The number of hydrazone groups is 1. The number of nitro benzene ring substituents is 1. The zero-order valence-corrected chi connectivity index (χ0v) is 20.2. The Bertz CT molecular complexity index is 1400. The minimum Gasteiger partial charge on any atom is -0.372 e.